The minimum atomic E-state index is -4.47. The number of rotatable bonds is 4. The number of benzene rings is 1. The lowest BCUT2D eigenvalue weighted by molar-refractivity contribution is -0.137. The molecule has 4 heterocycles. The van der Waals surface area contributed by atoms with Crippen LogP contribution in [0.25, 0.3) is 10.9 Å². The van der Waals surface area contributed by atoms with Crippen molar-refractivity contribution in [1.29, 1.82) is 0 Å². The third kappa shape index (κ3) is 4.51. The molecule has 5 rings (SSSR count). The molecule has 1 fully saturated rings. The van der Waals surface area contributed by atoms with E-state index in [1.54, 1.807) is 17.0 Å². The molecular weight excluding hydrogens is 473 g/mol. The number of amides is 1. The lowest BCUT2D eigenvalue weighted by Gasteiger charge is -2.38. The molecule has 190 valence electrons. The first-order valence-electron chi connectivity index (χ1n) is 11.9. The third-order valence-electron chi connectivity index (χ3n) is 7.04. The van der Waals surface area contributed by atoms with Crippen LogP contribution < -0.4 is 5.73 Å². The van der Waals surface area contributed by atoms with Crippen LogP contribution in [0.3, 0.4) is 0 Å². The van der Waals surface area contributed by atoms with E-state index in [2.05, 4.69) is 9.97 Å². The molecule has 0 aliphatic carbocycles. The molecule has 7 nitrogen and oxygen atoms in total. The lowest BCUT2D eigenvalue weighted by atomic mass is 9.94. The summed E-state index contributed by atoms with van der Waals surface area (Å²) < 4.78 is 50.3. The summed E-state index contributed by atoms with van der Waals surface area (Å²) in [5, 5.41) is 0.807. The molecule has 3 aromatic rings. The number of carbonyl (C=O) groups excluding carboxylic acids is 1. The Bertz CT molecular complexity index is 1300. The zero-order valence-electron chi connectivity index (χ0n) is 20.0. The fourth-order valence-electron chi connectivity index (χ4n) is 5.10. The number of pyridine rings is 2. The van der Waals surface area contributed by atoms with Gasteiger partial charge in [-0.15, -0.1) is 0 Å². The summed E-state index contributed by atoms with van der Waals surface area (Å²) in [6, 6.07) is 7.46. The first kappa shape index (κ1) is 24.5. The number of fused-ring (bicyclic) bond motifs is 3. The van der Waals surface area contributed by atoms with E-state index < -0.39 is 11.7 Å². The van der Waals surface area contributed by atoms with Gasteiger partial charge in [0.25, 0.3) is 5.91 Å². The highest BCUT2D eigenvalue weighted by Gasteiger charge is 2.34. The van der Waals surface area contributed by atoms with Crippen LogP contribution in [0.15, 0.2) is 36.5 Å². The van der Waals surface area contributed by atoms with Gasteiger partial charge in [-0.1, -0.05) is 6.92 Å². The second-order valence-corrected chi connectivity index (χ2v) is 9.45. The summed E-state index contributed by atoms with van der Waals surface area (Å²) in [4.78, 5) is 24.1. The second kappa shape index (κ2) is 9.33. The van der Waals surface area contributed by atoms with Gasteiger partial charge in [0.2, 0.25) is 0 Å². The van der Waals surface area contributed by atoms with Gasteiger partial charge in [0.1, 0.15) is 5.82 Å². The van der Waals surface area contributed by atoms with Crippen LogP contribution in [-0.4, -0.2) is 40.0 Å². The molecule has 1 saturated heterocycles. The van der Waals surface area contributed by atoms with Crippen molar-refractivity contribution in [2.75, 3.05) is 18.9 Å². The van der Waals surface area contributed by atoms with Gasteiger partial charge in [0.15, 0.2) is 0 Å². The van der Waals surface area contributed by atoms with E-state index in [-0.39, 0.29) is 30.5 Å². The summed E-state index contributed by atoms with van der Waals surface area (Å²) in [6.07, 6.45) is -3.22. The van der Waals surface area contributed by atoms with Gasteiger partial charge in [0.05, 0.1) is 42.6 Å². The Kier molecular flexibility index (Phi) is 6.34. The van der Waals surface area contributed by atoms with Gasteiger partial charge < -0.3 is 20.1 Å². The van der Waals surface area contributed by atoms with Gasteiger partial charge in [-0.3, -0.25) is 9.78 Å². The molecule has 10 heteroatoms. The normalized spacial score (nSPS) is 22.0. The van der Waals surface area contributed by atoms with Crippen LogP contribution >= 0.6 is 0 Å². The Morgan fingerprint density at radius 3 is 2.72 bits per heavy atom. The monoisotopic (exact) mass is 500 g/mol. The molecule has 0 unspecified atom stereocenters. The first-order valence-corrected chi connectivity index (χ1v) is 11.9. The minimum absolute atomic E-state index is 0.0533. The molecule has 3 atom stereocenters. The van der Waals surface area contributed by atoms with Crippen molar-refractivity contribution in [3.63, 3.8) is 0 Å². The van der Waals surface area contributed by atoms with Crippen molar-refractivity contribution >= 4 is 22.6 Å². The van der Waals surface area contributed by atoms with E-state index in [0.29, 0.717) is 48.8 Å². The average molecular weight is 501 g/mol. The predicted molar refractivity (Wildman–Crippen MR) is 127 cm³/mol. The molecule has 2 aromatic heterocycles. The number of carbonyl (C=O) groups is 1. The number of nitrogens with two attached hydrogens (primary N) is 1. The highest BCUT2D eigenvalue weighted by atomic mass is 19.4. The molecule has 1 aromatic carbocycles. The number of aromatic nitrogens is 2. The standard InChI is InChI=1S/C26H27F3N4O3/c1-14-12-35-8-7-22(14)33(11-18-5-4-17(10-31-18)26(27,28)29)25(34)16-3-6-21-19(9-16)20-13-36-15(2)23(20)24(30)32-21/h3-6,9-10,14-15,22H,7-8,11-13H2,1-2H3,(H2,30,32)/t14-,15-,22-/m0/s1. The molecule has 2 aliphatic rings. The number of hydrogen-bond donors (Lipinski definition) is 1. The summed E-state index contributed by atoms with van der Waals surface area (Å²) in [5.74, 6) is 0.250. The molecule has 2 N–H and O–H groups in total. The first-order chi connectivity index (χ1) is 17.1. The Labute approximate surface area is 206 Å². The molecule has 1 amide bonds. The van der Waals surface area contributed by atoms with E-state index in [1.165, 1.54) is 6.07 Å². The fraction of sp³-hybridized carbons (Fsp3) is 0.423. The summed E-state index contributed by atoms with van der Waals surface area (Å²) in [5.41, 5.74) is 8.62. The largest absolute Gasteiger partial charge is 0.417 e. The number of ether oxygens (including phenoxy) is 2. The molecular formula is C26H27F3N4O3. The highest BCUT2D eigenvalue weighted by molar-refractivity contribution is 5.99. The maximum absolute atomic E-state index is 13.9. The highest BCUT2D eigenvalue weighted by Crippen LogP contribution is 2.38. The van der Waals surface area contributed by atoms with Gasteiger partial charge in [0, 0.05) is 41.3 Å². The number of halogens is 3. The van der Waals surface area contributed by atoms with Gasteiger partial charge >= 0.3 is 6.18 Å². The van der Waals surface area contributed by atoms with Crippen molar-refractivity contribution in [3.8, 4) is 0 Å². The smallest absolute Gasteiger partial charge is 0.383 e. The Morgan fingerprint density at radius 2 is 2.03 bits per heavy atom. The van der Waals surface area contributed by atoms with Crippen LogP contribution in [-0.2, 0) is 28.8 Å². The Morgan fingerprint density at radius 1 is 1.22 bits per heavy atom. The maximum Gasteiger partial charge on any atom is 0.417 e. The predicted octanol–water partition coefficient (Wildman–Crippen LogP) is 4.89. The number of nitrogens with zero attached hydrogens (tertiary/aromatic N) is 3. The van der Waals surface area contributed by atoms with Crippen LogP contribution in [0.5, 0.6) is 0 Å². The van der Waals surface area contributed by atoms with Crippen molar-refractivity contribution in [2.24, 2.45) is 5.92 Å². The van der Waals surface area contributed by atoms with Crippen LogP contribution in [0.1, 0.15) is 59.1 Å². The minimum Gasteiger partial charge on any atom is -0.383 e. The van der Waals surface area contributed by atoms with Gasteiger partial charge in [-0.05, 0) is 49.2 Å². The summed E-state index contributed by atoms with van der Waals surface area (Å²) >= 11 is 0. The second-order valence-electron chi connectivity index (χ2n) is 9.45. The van der Waals surface area contributed by atoms with Crippen LogP contribution in [0, 0.1) is 5.92 Å². The number of nitrogen functional groups attached to an aromatic ring is 1. The Balaban J connectivity index is 1.51. The van der Waals surface area contributed by atoms with E-state index in [4.69, 9.17) is 15.2 Å². The van der Waals surface area contributed by atoms with E-state index in [1.807, 2.05) is 19.9 Å². The van der Waals surface area contributed by atoms with E-state index >= 15 is 0 Å². The van der Waals surface area contributed by atoms with Gasteiger partial charge in [-0.2, -0.15) is 13.2 Å². The lowest BCUT2D eigenvalue weighted by Crippen LogP contribution is -2.47. The Hall–Kier alpha value is -3.24. The quantitative estimate of drug-likeness (QED) is 0.549. The summed E-state index contributed by atoms with van der Waals surface area (Å²) in [6.45, 7) is 5.39. The maximum atomic E-state index is 13.9. The van der Waals surface area contributed by atoms with Crippen molar-refractivity contribution < 1.29 is 27.4 Å². The van der Waals surface area contributed by atoms with Crippen LogP contribution in [0.2, 0.25) is 0 Å². The molecule has 36 heavy (non-hydrogen) atoms. The van der Waals surface area contributed by atoms with E-state index in [9.17, 15) is 18.0 Å². The number of anilines is 1. The van der Waals surface area contributed by atoms with Gasteiger partial charge in [-0.25, -0.2) is 4.98 Å². The molecule has 2 aliphatic heterocycles. The zero-order chi connectivity index (χ0) is 25.6. The van der Waals surface area contributed by atoms with Crippen molar-refractivity contribution in [2.45, 2.75) is 51.7 Å². The molecule has 0 saturated carbocycles. The SMILES string of the molecule is C[C@@H]1OCc2c1c(N)nc1ccc(C(=O)N(Cc3ccc(C(F)(F)F)cn3)[C@H]3CCOC[C@@H]3C)cc21. The summed E-state index contributed by atoms with van der Waals surface area (Å²) in [7, 11) is 0. The van der Waals surface area contributed by atoms with Crippen molar-refractivity contribution in [1.82, 2.24) is 14.9 Å². The van der Waals surface area contributed by atoms with Crippen LogP contribution in [0.4, 0.5) is 19.0 Å². The fourth-order valence-corrected chi connectivity index (χ4v) is 5.10. The zero-order valence-corrected chi connectivity index (χ0v) is 20.0. The number of alkyl halides is 3. The third-order valence-corrected chi connectivity index (χ3v) is 7.04. The topological polar surface area (TPSA) is 90.6 Å². The molecule has 0 radical (unpaired) electrons. The van der Waals surface area contributed by atoms with E-state index in [0.717, 1.165) is 28.8 Å². The molecule has 0 spiro atoms. The van der Waals surface area contributed by atoms with Crippen molar-refractivity contribution in [3.05, 3.63) is 64.5 Å². The number of hydrogen-bond acceptors (Lipinski definition) is 6. The average Bonchev–Trinajstić information content (AvgIpc) is 3.25. The molecule has 0 bridgehead atoms.